The molecule has 6 nitrogen and oxygen atoms in total. The molecule has 2 aromatic rings. The van der Waals surface area contributed by atoms with Crippen LogP contribution in [-0.2, 0) is 16.1 Å². The molecule has 2 rings (SSSR count). The van der Waals surface area contributed by atoms with Gasteiger partial charge in [0.1, 0.15) is 6.04 Å². The molecule has 28 heavy (non-hydrogen) atoms. The lowest BCUT2D eigenvalue weighted by atomic mass is 10.1. The molecule has 1 N–H and O–H groups in total. The molecule has 2 aromatic carbocycles. The van der Waals surface area contributed by atoms with Crippen LogP contribution in [0.5, 0.6) is 11.5 Å². The number of carbonyl (C=O) groups is 2. The van der Waals surface area contributed by atoms with Gasteiger partial charge in [-0.3, -0.25) is 9.59 Å². The van der Waals surface area contributed by atoms with E-state index in [2.05, 4.69) is 5.32 Å². The van der Waals surface area contributed by atoms with Crippen LogP contribution in [-0.4, -0.2) is 43.0 Å². The number of ether oxygens (including phenoxy) is 2. The highest BCUT2D eigenvalue weighted by atomic mass is 16.5. The Hall–Kier alpha value is -3.02. The van der Waals surface area contributed by atoms with Crippen molar-refractivity contribution in [2.24, 2.45) is 0 Å². The Labute approximate surface area is 166 Å². The Balaban J connectivity index is 2.12. The van der Waals surface area contributed by atoms with Gasteiger partial charge in [-0.25, -0.2) is 0 Å². The van der Waals surface area contributed by atoms with Gasteiger partial charge in [0.25, 0.3) is 5.91 Å². The van der Waals surface area contributed by atoms with Crippen LogP contribution in [0.15, 0.2) is 54.6 Å². The summed E-state index contributed by atoms with van der Waals surface area (Å²) in [6, 6.07) is 16.1. The summed E-state index contributed by atoms with van der Waals surface area (Å²) in [6.45, 7) is 4.44. The molecule has 1 unspecified atom stereocenters. The topological polar surface area (TPSA) is 67.9 Å². The molecule has 0 spiro atoms. The fourth-order valence-corrected chi connectivity index (χ4v) is 2.72. The van der Waals surface area contributed by atoms with Crippen molar-refractivity contribution in [2.45, 2.75) is 32.9 Å². The van der Waals surface area contributed by atoms with Gasteiger partial charge < -0.3 is 19.7 Å². The number of methoxy groups -OCH3 is 1. The molecular formula is C22H28N2O4. The first-order chi connectivity index (χ1) is 13.6. The zero-order valence-electron chi connectivity index (χ0n) is 16.7. The molecule has 0 radical (unpaired) electrons. The summed E-state index contributed by atoms with van der Waals surface area (Å²) in [4.78, 5) is 26.9. The number of carbonyl (C=O) groups excluding carboxylic acids is 2. The number of para-hydroxylation sites is 2. The molecule has 150 valence electrons. The second-order valence-corrected chi connectivity index (χ2v) is 6.41. The summed E-state index contributed by atoms with van der Waals surface area (Å²) in [5, 5.41) is 2.85. The van der Waals surface area contributed by atoms with E-state index in [1.54, 1.807) is 26.2 Å². The number of nitrogens with one attached hydrogen (secondary N) is 1. The molecular weight excluding hydrogens is 356 g/mol. The van der Waals surface area contributed by atoms with Gasteiger partial charge in [0, 0.05) is 13.1 Å². The predicted octanol–water partition coefficient (Wildman–Crippen LogP) is 3.02. The zero-order chi connectivity index (χ0) is 20.4. The number of hydrogen-bond acceptors (Lipinski definition) is 4. The summed E-state index contributed by atoms with van der Waals surface area (Å²) in [6.07, 6.45) is 0.835. The van der Waals surface area contributed by atoms with Crippen LogP contribution in [0.3, 0.4) is 0 Å². The molecule has 0 saturated carbocycles. The monoisotopic (exact) mass is 384 g/mol. The molecule has 0 heterocycles. The lowest BCUT2D eigenvalue weighted by Gasteiger charge is -2.28. The smallest absolute Gasteiger partial charge is 0.261 e. The van der Waals surface area contributed by atoms with Gasteiger partial charge in [-0.2, -0.15) is 0 Å². The molecule has 0 aliphatic carbocycles. The molecule has 0 bridgehead atoms. The largest absolute Gasteiger partial charge is 0.493 e. The summed E-state index contributed by atoms with van der Waals surface area (Å²) in [5.41, 5.74) is 0.947. The van der Waals surface area contributed by atoms with Crippen molar-refractivity contribution in [1.29, 1.82) is 0 Å². The van der Waals surface area contributed by atoms with E-state index >= 15 is 0 Å². The molecule has 2 amide bonds. The number of benzene rings is 2. The van der Waals surface area contributed by atoms with Crippen LogP contribution < -0.4 is 14.8 Å². The minimum atomic E-state index is -0.611. The van der Waals surface area contributed by atoms with Crippen LogP contribution >= 0.6 is 0 Å². The fourth-order valence-electron chi connectivity index (χ4n) is 2.72. The highest BCUT2D eigenvalue weighted by Gasteiger charge is 2.26. The van der Waals surface area contributed by atoms with E-state index < -0.39 is 6.04 Å². The summed E-state index contributed by atoms with van der Waals surface area (Å²) in [5.74, 6) is 0.595. The van der Waals surface area contributed by atoms with Crippen molar-refractivity contribution in [2.75, 3.05) is 20.3 Å². The van der Waals surface area contributed by atoms with E-state index in [1.165, 1.54) is 4.90 Å². The van der Waals surface area contributed by atoms with Crippen LogP contribution in [0.4, 0.5) is 0 Å². The van der Waals surface area contributed by atoms with Crippen molar-refractivity contribution < 1.29 is 19.1 Å². The third kappa shape index (κ3) is 6.01. The molecule has 0 aromatic heterocycles. The number of nitrogens with zero attached hydrogens (tertiary/aromatic N) is 1. The minimum Gasteiger partial charge on any atom is -0.493 e. The maximum atomic E-state index is 12.9. The third-order valence-corrected chi connectivity index (χ3v) is 4.33. The van der Waals surface area contributed by atoms with Crippen LogP contribution in [0.25, 0.3) is 0 Å². The Kier molecular flexibility index (Phi) is 8.34. The van der Waals surface area contributed by atoms with E-state index in [0.717, 1.165) is 12.0 Å². The molecule has 0 fully saturated rings. The highest BCUT2D eigenvalue weighted by molar-refractivity contribution is 5.88. The van der Waals surface area contributed by atoms with Crippen LogP contribution in [0.2, 0.25) is 0 Å². The zero-order valence-corrected chi connectivity index (χ0v) is 16.7. The normalized spacial score (nSPS) is 11.4. The second kappa shape index (κ2) is 11.0. The molecule has 0 saturated heterocycles. The first kappa shape index (κ1) is 21.3. The van der Waals surface area contributed by atoms with Gasteiger partial charge in [0.15, 0.2) is 18.1 Å². The third-order valence-electron chi connectivity index (χ3n) is 4.33. The van der Waals surface area contributed by atoms with Crippen molar-refractivity contribution in [1.82, 2.24) is 10.2 Å². The average Bonchev–Trinajstić information content (AvgIpc) is 2.74. The first-order valence-corrected chi connectivity index (χ1v) is 9.43. The van der Waals surface area contributed by atoms with Crippen molar-refractivity contribution >= 4 is 11.8 Å². The fraction of sp³-hybridized carbons (Fsp3) is 0.364. The van der Waals surface area contributed by atoms with Gasteiger partial charge in [-0.05, 0) is 31.0 Å². The average molecular weight is 384 g/mol. The van der Waals surface area contributed by atoms with Gasteiger partial charge in [0.05, 0.1) is 7.11 Å². The van der Waals surface area contributed by atoms with Crippen molar-refractivity contribution in [3.63, 3.8) is 0 Å². The van der Waals surface area contributed by atoms with Gasteiger partial charge in [-0.1, -0.05) is 49.4 Å². The Bertz CT molecular complexity index is 764. The van der Waals surface area contributed by atoms with Crippen molar-refractivity contribution in [3.05, 3.63) is 60.2 Å². The Morgan fingerprint density at radius 1 is 1.04 bits per heavy atom. The van der Waals surface area contributed by atoms with Gasteiger partial charge >= 0.3 is 0 Å². The van der Waals surface area contributed by atoms with E-state index in [9.17, 15) is 9.59 Å². The summed E-state index contributed by atoms with van der Waals surface area (Å²) < 4.78 is 10.9. The van der Waals surface area contributed by atoms with Gasteiger partial charge in [-0.15, -0.1) is 0 Å². The van der Waals surface area contributed by atoms with Gasteiger partial charge in [0.2, 0.25) is 5.91 Å². The molecule has 0 aliphatic heterocycles. The van der Waals surface area contributed by atoms with E-state index in [-0.39, 0.29) is 18.4 Å². The lowest BCUT2D eigenvalue weighted by molar-refractivity contribution is -0.142. The first-order valence-electron chi connectivity index (χ1n) is 9.43. The Morgan fingerprint density at radius 2 is 1.68 bits per heavy atom. The van der Waals surface area contributed by atoms with E-state index in [1.807, 2.05) is 49.4 Å². The lowest BCUT2D eigenvalue weighted by Crippen LogP contribution is -2.49. The molecule has 1 atom stereocenters. The standard InChI is InChI=1S/C22H28N2O4/c1-4-14-23-22(26)17(2)24(15-18-10-6-5-7-11-18)21(25)16-28-20-13-9-8-12-19(20)27-3/h5-13,17H,4,14-16H2,1-3H3,(H,23,26). The Morgan fingerprint density at radius 3 is 2.32 bits per heavy atom. The van der Waals surface area contributed by atoms with Crippen LogP contribution in [0, 0.1) is 0 Å². The van der Waals surface area contributed by atoms with Crippen molar-refractivity contribution in [3.8, 4) is 11.5 Å². The van der Waals surface area contributed by atoms with E-state index in [4.69, 9.17) is 9.47 Å². The maximum absolute atomic E-state index is 12.9. The summed E-state index contributed by atoms with van der Waals surface area (Å²) in [7, 11) is 1.55. The maximum Gasteiger partial charge on any atom is 0.261 e. The quantitative estimate of drug-likeness (QED) is 0.684. The molecule has 6 heteroatoms. The summed E-state index contributed by atoms with van der Waals surface area (Å²) >= 11 is 0. The second-order valence-electron chi connectivity index (χ2n) is 6.41. The van der Waals surface area contributed by atoms with Crippen LogP contribution in [0.1, 0.15) is 25.8 Å². The highest BCUT2D eigenvalue weighted by Crippen LogP contribution is 2.25. The predicted molar refractivity (Wildman–Crippen MR) is 108 cm³/mol. The number of amides is 2. The minimum absolute atomic E-state index is 0.177. The van der Waals surface area contributed by atoms with E-state index in [0.29, 0.717) is 24.6 Å². The molecule has 0 aliphatic rings. The number of rotatable bonds is 10. The number of hydrogen-bond donors (Lipinski definition) is 1. The SMILES string of the molecule is CCCNC(=O)C(C)N(Cc1ccccc1)C(=O)COc1ccccc1OC.